The predicted molar refractivity (Wildman–Crippen MR) is 247 cm³/mol. The Labute approximate surface area is 343 Å². The molecule has 3 aromatic heterocycles. The topological polar surface area (TPSA) is 4.93 Å². The monoisotopic (exact) mass is 771 g/mol. The summed E-state index contributed by atoms with van der Waals surface area (Å²) in [6, 6.07) is 64.9. The van der Waals surface area contributed by atoms with Gasteiger partial charge in [0.05, 0.1) is 22.1 Å². The highest BCUT2D eigenvalue weighted by atomic mass is 32.1. The smallest absolute Gasteiger partial charge is 0.0754 e. The van der Waals surface area contributed by atoms with E-state index in [9.17, 15) is 0 Å². The van der Waals surface area contributed by atoms with Crippen LogP contribution in [0.25, 0.3) is 86.1 Å². The Kier molecular flexibility index (Phi) is 6.16. The maximum Gasteiger partial charge on any atom is 0.0754 e. The standard InChI is InChI=1S/C55H33NS2/c1-5-22-48-38(12-1)41-17-11-21-45-52(41)56(48)49-23-6-4-20-44(49)55(45)46-30-32(34-15-9-18-42-39-13-2-7-24-50(39)57-53(34)42)26-28-36(46)37-29-27-33(31-47(37)55)35-16-10-19-43-40-14-3-8-25-51(40)58-54(35)43/h1-15,17-31,35H,16H2. The van der Waals surface area contributed by atoms with E-state index >= 15 is 0 Å². The van der Waals surface area contributed by atoms with E-state index in [1.54, 1.807) is 0 Å². The molecule has 1 nitrogen and oxygen atoms in total. The first-order valence-electron chi connectivity index (χ1n) is 20.3. The van der Waals surface area contributed by atoms with E-state index in [1.807, 2.05) is 22.7 Å². The normalized spacial score (nSPS) is 17.4. The number of aromatic nitrogens is 1. The highest BCUT2D eigenvalue weighted by Crippen LogP contribution is 2.62. The van der Waals surface area contributed by atoms with Gasteiger partial charge in [-0.15, -0.1) is 22.7 Å². The minimum atomic E-state index is -0.529. The van der Waals surface area contributed by atoms with E-state index in [2.05, 4.69) is 187 Å². The molecule has 2 atom stereocenters. The summed E-state index contributed by atoms with van der Waals surface area (Å²) in [6.45, 7) is 0. The van der Waals surface area contributed by atoms with Crippen LogP contribution in [-0.2, 0) is 5.41 Å². The lowest BCUT2D eigenvalue weighted by atomic mass is 9.64. The largest absolute Gasteiger partial charge is 0.309 e. The fourth-order valence-electron chi connectivity index (χ4n) is 11.2. The summed E-state index contributed by atoms with van der Waals surface area (Å²) in [5.41, 5.74) is 16.8. The molecule has 3 aliphatic rings. The zero-order chi connectivity index (χ0) is 37.7. The van der Waals surface area contributed by atoms with Gasteiger partial charge >= 0.3 is 0 Å². The lowest BCUT2D eigenvalue weighted by Gasteiger charge is -2.40. The minimum Gasteiger partial charge on any atom is -0.309 e. The summed E-state index contributed by atoms with van der Waals surface area (Å²) in [7, 11) is 0. The first-order chi connectivity index (χ1) is 28.8. The molecule has 58 heavy (non-hydrogen) atoms. The van der Waals surface area contributed by atoms with Crippen molar-refractivity contribution in [3.05, 3.63) is 214 Å². The van der Waals surface area contributed by atoms with Crippen LogP contribution in [0.1, 0.15) is 50.6 Å². The third-order valence-corrected chi connectivity index (χ3v) is 16.1. The fourth-order valence-corrected chi connectivity index (χ4v) is 13.8. The first kappa shape index (κ1) is 31.6. The number of hydrogen-bond donors (Lipinski definition) is 0. The van der Waals surface area contributed by atoms with Crippen LogP contribution in [0.3, 0.4) is 0 Å². The number of allylic oxidation sites excluding steroid dienone is 1. The molecule has 0 saturated carbocycles. The summed E-state index contributed by atoms with van der Waals surface area (Å²) in [5.74, 6) is 0.297. The van der Waals surface area contributed by atoms with Crippen molar-refractivity contribution in [2.75, 3.05) is 0 Å². The number of nitrogens with zero attached hydrogens (tertiary/aromatic N) is 1. The Morgan fingerprint density at radius 2 is 1.19 bits per heavy atom. The van der Waals surface area contributed by atoms with Crippen LogP contribution in [0.5, 0.6) is 0 Å². The first-order valence-corrected chi connectivity index (χ1v) is 21.9. The summed E-state index contributed by atoms with van der Waals surface area (Å²) < 4.78 is 6.61. The molecular formula is C55H33NS2. The molecule has 0 fully saturated rings. The molecule has 0 bridgehead atoms. The van der Waals surface area contributed by atoms with Gasteiger partial charge in [0.15, 0.2) is 0 Å². The Morgan fingerprint density at radius 1 is 0.500 bits per heavy atom. The minimum absolute atomic E-state index is 0.297. The van der Waals surface area contributed by atoms with Crippen molar-refractivity contribution in [3.8, 4) is 27.9 Å². The van der Waals surface area contributed by atoms with E-state index in [4.69, 9.17) is 0 Å². The maximum absolute atomic E-state index is 2.62. The van der Waals surface area contributed by atoms with Gasteiger partial charge in [0.2, 0.25) is 0 Å². The van der Waals surface area contributed by atoms with Crippen molar-refractivity contribution in [1.82, 2.24) is 4.57 Å². The number of benzene rings is 8. The Balaban J connectivity index is 1.09. The molecule has 8 aromatic carbocycles. The molecular weight excluding hydrogens is 739 g/mol. The van der Waals surface area contributed by atoms with Crippen LogP contribution in [0.15, 0.2) is 176 Å². The molecule has 3 heteroatoms. The van der Waals surface area contributed by atoms with E-state index < -0.39 is 5.41 Å². The van der Waals surface area contributed by atoms with Crippen molar-refractivity contribution in [3.63, 3.8) is 0 Å². The summed E-state index contributed by atoms with van der Waals surface area (Å²) in [6.07, 6.45) is 5.77. The molecule has 0 amide bonds. The summed E-state index contributed by atoms with van der Waals surface area (Å²) in [5, 5.41) is 6.65. The molecule has 4 heterocycles. The molecule has 11 aromatic rings. The van der Waals surface area contributed by atoms with Crippen LogP contribution in [0, 0.1) is 0 Å². The molecule has 270 valence electrons. The number of rotatable bonds is 2. The molecule has 0 N–H and O–H groups in total. The average molecular weight is 772 g/mol. The van der Waals surface area contributed by atoms with Crippen molar-refractivity contribution < 1.29 is 0 Å². The summed E-state index contributed by atoms with van der Waals surface area (Å²) >= 11 is 3.89. The van der Waals surface area contributed by atoms with Crippen LogP contribution in [-0.4, -0.2) is 4.57 Å². The lowest BCUT2D eigenvalue weighted by Crippen LogP contribution is -2.33. The highest BCUT2D eigenvalue weighted by Gasteiger charge is 2.51. The Hall–Kier alpha value is -6.52. The Morgan fingerprint density at radius 3 is 2.10 bits per heavy atom. The van der Waals surface area contributed by atoms with Gasteiger partial charge in [0, 0.05) is 46.4 Å². The molecule has 2 aliphatic carbocycles. The van der Waals surface area contributed by atoms with E-state index in [0.29, 0.717) is 5.92 Å². The van der Waals surface area contributed by atoms with Gasteiger partial charge < -0.3 is 4.57 Å². The van der Waals surface area contributed by atoms with Crippen molar-refractivity contribution in [2.24, 2.45) is 0 Å². The van der Waals surface area contributed by atoms with E-state index in [1.165, 1.54) is 118 Å². The zero-order valence-electron chi connectivity index (χ0n) is 31.4. The maximum atomic E-state index is 2.62. The molecule has 1 aliphatic heterocycles. The van der Waals surface area contributed by atoms with Gasteiger partial charge in [-0.3, -0.25) is 0 Å². The van der Waals surface area contributed by atoms with Crippen LogP contribution < -0.4 is 0 Å². The predicted octanol–water partition coefficient (Wildman–Crippen LogP) is 15.3. The average Bonchev–Trinajstić information content (AvgIpc) is 4.03. The number of fused-ring (bicyclic) bond motifs is 18. The fraction of sp³-hybridized carbons (Fsp3) is 0.0545. The third-order valence-electron chi connectivity index (χ3n) is 13.6. The van der Waals surface area contributed by atoms with E-state index in [0.717, 1.165) is 6.42 Å². The second-order valence-electron chi connectivity index (χ2n) is 16.2. The van der Waals surface area contributed by atoms with Crippen molar-refractivity contribution in [2.45, 2.75) is 17.8 Å². The SMILES string of the molecule is C1=Cc2c(sc3ccccc23)C(c2ccc3c(c2)C2(c4cc(-c5cccc6c5sc5ccccc56)ccc4-3)c3ccccc3-n3c4ccccc4c4cccc2c43)C1. The number of thiophene rings is 2. The number of para-hydroxylation sites is 3. The van der Waals surface area contributed by atoms with Gasteiger partial charge in [-0.05, 0) is 97.8 Å². The van der Waals surface area contributed by atoms with Crippen LogP contribution in [0.2, 0.25) is 0 Å². The molecule has 14 rings (SSSR count). The van der Waals surface area contributed by atoms with Gasteiger partial charge in [-0.2, -0.15) is 0 Å². The van der Waals surface area contributed by atoms with E-state index in [-0.39, 0.29) is 0 Å². The molecule has 2 unspecified atom stereocenters. The lowest BCUT2D eigenvalue weighted by molar-refractivity contribution is 0.743. The van der Waals surface area contributed by atoms with Gasteiger partial charge in [0.25, 0.3) is 0 Å². The summed E-state index contributed by atoms with van der Waals surface area (Å²) in [4.78, 5) is 1.48. The number of hydrogen-bond acceptors (Lipinski definition) is 2. The van der Waals surface area contributed by atoms with Gasteiger partial charge in [0.1, 0.15) is 0 Å². The van der Waals surface area contributed by atoms with Crippen molar-refractivity contribution >= 4 is 80.8 Å². The van der Waals surface area contributed by atoms with Gasteiger partial charge in [-0.1, -0.05) is 152 Å². The second kappa shape index (κ2) is 11.3. The van der Waals surface area contributed by atoms with Crippen LogP contribution in [0.4, 0.5) is 0 Å². The molecule has 0 saturated heterocycles. The molecule has 1 spiro atoms. The zero-order valence-corrected chi connectivity index (χ0v) is 33.0. The molecule has 0 radical (unpaired) electrons. The van der Waals surface area contributed by atoms with Crippen LogP contribution >= 0.6 is 22.7 Å². The highest BCUT2D eigenvalue weighted by molar-refractivity contribution is 7.26. The van der Waals surface area contributed by atoms with Gasteiger partial charge in [-0.25, -0.2) is 0 Å². The quantitative estimate of drug-likeness (QED) is 0.165. The Bertz CT molecular complexity index is 3630. The second-order valence-corrected chi connectivity index (χ2v) is 18.4. The third kappa shape index (κ3) is 3.86. The van der Waals surface area contributed by atoms with Crippen molar-refractivity contribution in [1.29, 1.82) is 0 Å².